The molecule has 0 fully saturated rings. The Kier molecular flexibility index (Phi) is 8.56. The van der Waals surface area contributed by atoms with Crippen LogP contribution in [0.5, 0.6) is 69.0 Å². The molecule has 0 atom stereocenters. The average molecular weight is 855 g/mol. The molecule has 3 heterocycles. The summed E-state index contributed by atoms with van der Waals surface area (Å²) in [6, 6.07) is 13.6. The zero-order valence-electron chi connectivity index (χ0n) is 31.4. The van der Waals surface area contributed by atoms with Gasteiger partial charge in [0.1, 0.15) is 73.5 Å². The van der Waals surface area contributed by atoms with Crippen molar-refractivity contribution in [2.45, 2.75) is 0 Å². The molecule has 9 aromatic rings. The van der Waals surface area contributed by atoms with Crippen LogP contribution in [0.25, 0.3) is 89.1 Å². The Morgan fingerprint density at radius 3 is 1.30 bits per heavy atom. The van der Waals surface area contributed by atoms with E-state index < -0.39 is 135 Å². The summed E-state index contributed by atoms with van der Waals surface area (Å²) >= 11 is 0. The molecule has 18 nitrogen and oxygen atoms in total. The Morgan fingerprint density at radius 2 is 0.778 bits per heavy atom. The number of hydrogen-bond donors (Lipinski definition) is 12. The molecule has 0 spiro atoms. The maximum absolute atomic E-state index is 14.1. The molecule has 0 amide bonds. The molecule has 314 valence electrons. The van der Waals surface area contributed by atoms with Crippen LogP contribution in [-0.4, -0.2) is 61.3 Å². The largest absolute Gasteiger partial charge is 0.508 e. The molecule has 0 unspecified atom stereocenters. The first-order valence-corrected chi connectivity index (χ1v) is 18.1. The minimum absolute atomic E-state index is 0.0277. The lowest BCUT2D eigenvalue weighted by atomic mass is 9.92. The minimum atomic E-state index is -1.03. The van der Waals surface area contributed by atoms with Crippen LogP contribution in [0, 0.1) is 0 Å². The third-order valence-corrected chi connectivity index (χ3v) is 10.3. The molecule has 9 rings (SSSR count). The van der Waals surface area contributed by atoms with Crippen LogP contribution in [-0.2, 0) is 0 Å². The van der Waals surface area contributed by atoms with Crippen molar-refractivity contribution in [2.24, 2.45) is 0 Å². The first kappa shape index (κ1) is 39.0. The lowest BCUT2D eigenvalue weighted by Gasteiger charge is -2.18. The maximum Gasteiger partial charge on any atom is 0.197 e. The molecule has 0 aliphatic rings. The molecular weight excluding hydrogens is 828 g/mol. The van der Waals surface area contributed by atoms with E-state index in [0.717, 1.165) is 78.9 Å². The van der Waals surface area contributed by atoms with Crippen molar-refractivity contribution in [3.05, 3.63) is 116 Å². The van der Waals surface area contributed by atoms with Crippen molar-refractivity contribution in [3.8, 4) is 125 Å². The number of hydrogen-bond acceptors (Lipinski definition) is 18. The van der Waals surface area contributed by atoms with Gasteiger partial charge in [0.2, 0.25) is 0 Å². The lowest BCUT2D eigenvalue weighted by Crippen LogP contribution is -2.04. The zero-order valence-corrected chi connectivity index (χ0v) is 31.4. The van der Waals surface area contributed by atoms with E-state index in [-0.39, 0.29) is 39.2 Å². The quantitative estimate of drug-likeness (QED) is 0.0791. The van der Waals surface area contributed by atoms with Crippen molar-refractivity contribution in [2.75, 3.05) is 0 Å². The van der Waals surface area contributed by atoms with Gasteiger partial charge in [-0.05, 0) is 42.5 Å². The summed E-state index contributed by atoms with van der Waals surface area (Å²) in [6.07, 6.45) is 0. The Hall–Kier alpha value is -9.45. The van der Waals surface area contributed by atoms with Crippen LogP contribution in [0.15, 0.2) is 113 Å². The second-order valence-electron chi connectivity index (χ2n) is 14.2. The molecule has 6 aromatic carbocycles. The zero-order chi connectivity index (χ0) is 44.9. The van der Waals surface area contributed by atoms with Crippen LogP contribution < -0.4 is 16.3 Å². The summed E-state index contributed by atoms with van der Waals surface area (Å²) in [6.45, 7) is 0. The van der Waals surface area contributed by atoms with Gasteiger partial charge in [-0.25, -0.2) is 0 Å². The van der Waals surface area contributed by atoms with E-state index in [4.69, 9.17) is 13.3 Å². The van der Waals surface area contributed by atoms with Gasteiger partial charge in [-0.15, -0.1) is 0 Å². The smallest absolute Gasteiger partial charge is 0.197 e. The SMILES string of the molecule is O=c1cc(-c2ccc(O)c(O)c2-c2c(O)cc(O)c3c(=O)cc(-c4ccc(O)c(O)c4-c4c(O)cc(O)c5c(=O)cc(-c6ccc(O)c(O)c6)oc45)oc23)oc2cc(O)cc(O)c12. The first-order chi connectivity index (χ1) is 29.9. The van der Waals surface area contributed by atoms with Crippen molar-refractivity contribution in [1.82, 2.24) is 0 Å². The predicted molar refractivity (Wildman–Crippen MR) is 222 cm³/mol. The standard InChI is InChI=1S/C45H26O18/c46-16-8-23(51)37-28(56)13-32(61-34(37)9-16)17-2-5-20(48)42(59)35(17)41-27(55)11-25(53)39-30(58)14-33(63-45(39)41)18-3-6-21(49)43(60)36(18)40-26(54)10-24(52)38-29(57)12-31(62-44(38)40)15-1-4-19(47)22(50)7-15/h1-14,46-55,59-60H. The molecule has 18 heteroatoms. The van der Waals surface area contributed by atoms with Crippen LogP contribution in [0.2, 0.25) is 0 Å². The summed E-state index contributed by atoms with van der Waals surface area (Å²) in [5.74, 6) is -10.4. The molecular formula is C45H26O18. The summed E-state index contributed by atoms with van der Waals surface area (Å²) < 4.78 is 18.1. The molecule has 0 bridgehead atoms. The number of benzene rings is 6. The number of aromatic hydroxyl groups is 12. The summed E-state index contributed by atoms with van der Waals surface area (Å²) in [5.41, 5.74) is -7.24. The van der Waals surface area contributed by atoms with E-state index in [9.17, 15) is 75.7 Å². The number of fused-ring (bicyclic) bond motifs is 3. The van der Waals surface area contributed by atoms with Crippen molar-refractivity contribution >= 4 is 32.9 Å². The van der Waals surface area contributed by atoms with Crippen molar-refractivity contribution < 1.29 is 74.5 Å². The second-order valence-corrected chi connectivity index (χ2v) is 14.2. The van der Waals surface area contributed by atoms with E-state index in [1.54, 1.807) is 0 Å². The van der Waals surface area contributed by atoms with Gasteiger partial charge < -0.3 is 74.5 Å². The highest BCUT2D eigenvalue weighted by Crippen LogP contribution is 2.54. The van der Waals surface area contributed by atoms with Gasteiger partial charge in [0, 0.05) is 70.3 Å². The fourth-order valence-corrected chi connectivity index (χ4v) is 7.50. The highest BCUT2D eigenvalue weighted by molar-refractivity contribution is 6.07. The predicted octanol–water partition coefficient (Wildman–Crippen LogP) is 6.81. The third-order valence-electron chi connectivity index (χ3n) is 10.3. The lowest BCUT2D eigenvalue weighted by molar-refractivity contribution is 0.404. The van der Waals surface area contributed by atoms with Gasteiger partial charge in [-0.3, -0.25) is 14.4 Å². The molecule has 0 saturated carbocycles. The van der Waals surface area contributed by atoms with Crippen molar-refractivity contribution in [1.29, 1.82) is 0 Å². The minimum Gasteiger partial charge on any atom is -0.508 e. The first-order valence-electron chi connectivity index (χ1n) is 18.1. The van der Waals surface area contributed by atoms with E-state index in [2.05, 4.69) is 0 Å². The van der Waals surface area contributed by atoms with Crippen LogP contribution in [0.3, 0.4) is 0 Å². The fraction of sp³-hybridized carbons (Fsp3) is 0. The third kappa shape index (κ3) is 6.00. The molecule has 3 aromatic heterocycles. The molecule has 0 aliphatic heterocycles. The van der Waals surface area contributed by atoms with E-state index in [1.807, 2.05) is 0 Å². The van der Waals surface area contributed by atoms with Gasteiger partial charge in [0.15, 0.2) is 61.9 Å². The van der Waals surface area contributed by atoms with Gasteiger partial charge in [-0.1, -0.05) is 0 Å². The van der Waals surface area contributed by atoms with E-state index >= 15 is 0 Å². The van der Waals surface area contributed by atoms with Crippen molar-refractivity contribution in [3.63, 3.8) is 0 Å². The Balaban J connectivity index is 1.35. The Morgan fingerprint density at radius 1 is 0.333 bits per heavy atom. The van der Waals surface area contributed by atoms with Crippen LogP contribution in [0.4, 0.5) is 0 Å². The maximum atomic E-state index is 14.1. The van der Waals surface area contributed by atoms with Crippen LogP contribution in [0.1, 0.15) is 0 Å². The van der Waals surface area contributed by atoms with Gasteiger partial charge in [0.25, 0.3) is 0 Å². The topological polar surface area (TPSA) is 333 Å². The summed E-state index contributed by atoms with van der Waals surface area (Å²) in [7, 11) is 0. The van der Waals surface area contributed by atoms with Crippen LogP contribution >= 0.6 is 0 Å². The molecule has 63 heavy (non-hydrogen) atoms. The number of phenolic OH excluding ortho intramolecular Hbond substituents is 12. The molecule has 0 aliphatic carbocycles. The summed E-state index contributed by atoms with van der Waals surface area (Å²) in [5, 5.41) is 128. The Bertz CT molecular complexity index is 3670. The number of rotatable bonds is 5. The fourth-order valence-electron chi connectivity index (χ4n) is 7.50. The monoisotopic (exact) mass is 854 g/mol. The highest BCUT2D eigenvalue weighted by Gasteiger charge is 2.30. The van der Waals surface area contributed by atoms with Gasteiger partial charge >= 0.3 is 0 Å². The highest BCUT2D eigenvalue weighted by atomic mass is 16.4. The normalized spacial score (nSPS) is 11.5. The van der Waals surface area contributed by atoms with Gasteiger partial charge in [0.05, 0.1) is 11.1 Å². The number of phenols is 12. The van der Waals surface area contributed by atoms with E-state index in [0.29, 0.717) is 0 Å². The average Bonchev–Trinajstić information content (AvgIpc) is 3.20. The van der Waals surface area contributed by atoms with E-state index in [1.165, 1.54) is 6.07 Å². The molecule has 0 radical (unpaired) electrons. The Labute approximate surface area is 347 Å². The molecule has 12 N–H and O–H groups in total. The molecule has 0 saturated heterocycles. The summed E-state index contributed by atoms with van der Waals surface area (Å²) in [4.78, 5) is 40.9. The second kappa shape index (κ2) is 13.8. The van der Waals surface area contributed by atoms with Gasteiger partial charge in [-0.2, -0.15) is 0 Å².